The minimum absolute atomic E-state index is 0.00231. The molecule has 2 atom stereocenters. The van der Waals surface area contributed by atoms with Crippen molar-refractivity contribution < 1.29 is 13.9 Å². The highest BCUT2D eigenvalue weighted by Crippen LogP contribution is 2.19. The lowest BCUT2D eigenvalue weighted by Gasteiger charge is -2.38. The predicted octanol–water partition coefficient (Wildman–Crippen LogP) is 1.37. The van der Waals surface area contributed by atoms with Gasteiger partial charge in [0.1, 0.15) is 0 Å². The van der Waals surface area contributed by atoms with Gasteiger partial charge >= 0.3 is 0 Å². The van der Waals surface area contributed by atoms with Gasteiger partial charge in [0.05, 0.1) is 18.8 Å². The number of rotatable bonds is 1. The summed E-state index contributed by atoms with van der Waals surface area (Å²) in [5.41, 5.74) is -1.79. The average molecular weight is 203 g/mol. The SMILES string of the molecule is CC1CN(C(=O)C(C)(C)F)C(C)CO1. The van der Waals surface area contributed by atoms with Crippen molar-refractivity contribution in [3.8, 4) is 0 Å². The first-order chi connectivity index (χ1) is 6.32. The number of carbonyl (C=O) groups excluding carboxylic acids is 1. The van der Waals surface area contributed by atoms with Crippen molar-refractivity contribution in [2.45, 2.75) is 45.5 Å². The second-order valence-electron chi connectivity index (χ2n) is 4.42. The van der Waals surface area contributed by atoms with Crippen molar-refractivity contribution in [1.29, 1.82) is 0 Å². The molecule has 0 saturated carbocycles. The molecule has 1 heterocycles. The monoisotopic (exact) mass is 203 g/mol. The first-order valence-corrected chi connectivity index (χ1v) is 4.94. The minimum atomic E-state index is -1.79. The van der Waals surface area contributed by atoms with E-state index in [2.05, 4.69) is 0 Å². The Kier molecular flexibility index (Phi) is 3.14. The molecule has 1 fully saturated rings. The van der Waals surface area contributed by atoms with Crippen LogP contribution >= 0.6 is 0 Å². The van der Waals surface area contributed by atoms with Crippen molar-refractivity contribution in [2.24, 2.45) is 0 Å². The van der Waals surface area contributed by atoms with Crippen LogP contribution in [-0.2, 0) is 9.53 Å². The normalized spacial score (nSPS) is 29.1. The first kappa shape index (κ1) is 11.4. The fraction of sp³-hybridized carbons (Fsp3) is 0.900. The number of nitrogens with zero attached hydrogens (tertiary/aromatic N) is 1. The number of hydrogen-bond acceptors (Lipinski definition) is 2. The number of halogens is 1. The van der Waals surface area contributed by atoms with E-state index in [0.29, 0.717) is 13.2 Å². The maximum Gasteiger partial charge on any atom is 0.260 e. The summed E-state index contributed by atoms with van der Waals surface area (Å²) in [4.78, 5) is 13.2. The highest BCUT2D eigenvalue weighted by atomic mass is 19.1. The Morgan fingerprint density at radius 2 is 2.07 bits per heavy atom. The van der Waals surface area contributed by atoms with E-state index in [-0.39, 0.29) is 12.1 Å². The van der Waals surface area contributed by atoms with Crippen LogP contribution in [0.4, 0.5) is 4.39 Å². The maximum atomic E-state index is 13.4. The quantitative estimate of drug-likeness (QED) is 0.644. The van der Waals surface area contributed by atoms with Crippen molar-refractivity contribution in [3.05, 3.63) is 0 Å². The second kappa shape index (κ2) is 3.85. The molecule has 2 unspecified atom stereocenters. The standard InChI is InChI=1S/C10H18FNO2/c1-7-6-14-8(2)5-12(7)9(13)10(3,4)11/h7-8H,5-6H2,1-4H3. The van der Waals surface area contributed by atoms with Crippen LogP contribution < -0.4 is 0 Å². The molecule has 0 aliphatic carbocycles. The molecule has 1 aliphatic heterocycles. The van der Waals surface area contributed by atoms with E-state index in [4.69, 9.17) is 4.74 Å². The molecule has 14 heavy (non-hydrogen) atoms. The highest BCUT2D eigenvalue weighted by Gasteiger charge is 2.36. The summed E-state index contributed by atoms with van der Waals surface area (Å²) in [5, 5.41) is 0. The van der Waals surface area contributed by atoms with Gasteiger partial charge in [0.2, 0.25) is 0 Å². The van der Waals surface area contributed by atoms with Crippen molar-refractivity contribution in [2.75, 3.05) is 13.2 Å². The summed E-state index contributed by atoms with van der Waals surface area (Å²) in [6, 6.07) is -0.0336. The van der Waals surface area contributed by atoms with Crippen LogP contribution in [0.1, 0.15) is 27.7 Å². The average Bonchev–Trinajstić information content (AvgIpc) is 2.06. The fourth-order valence-electron chi connectivity index (χ4n) is 1.53. The maximum absolute atomic E-state index is 13.4. The predicted molar refractivity (Wildman–Crippen MR) is 51.8 cm³/mol. The molecule has 4 heteroatoms. The van der Waals surface area contributed by atoms with E-state index >= 15 is 0 Å². The zero-order valence-electron chi connectivity index (χ0n) is 9.21. The third-order valence-corrected chi connectivity index (χ3v) is 2.38. The summed E-state index contributed by atoms with van der Waals surface area (Å²) >= 11 is 0. The molecule has 0 aromatic carbocycles. The Morgan fingerprint density at radius 3 is 2.57 bits per heavy atom. The largest absolute Gasteiger partial charge is 0.375 e. The van der Waals surface area contributed by atoms with Gasteiger partial charge in [0.15, 0.2) is 5.67 Å². The van der Waals surface area contributed by atoms with Crippen molar-refractivity contribution in [3.63, 3.8) is 0 Å². The molecule has 0 bridgehead atoms. The molecule has 0 radical (unpaired) electrons. The number of amides is 1. The summed E-state index contributed by atoms with van der Waals surface area (Å²) < 4.78 is 18.8. The van der Waals surface area contributed by atoms with Crippen LogP contribution in [-0.4, -0.2) is 41.8 Å². The van der Waals surface area contributed by atoms with Crippen LogP contribution in [0, 0.1) is 0 Å². The molecule has 82 valence electrons. The minimum Gasteiger partial charge on any atom is -0.375 e. The molecular weight excluding hydrogens is 185 g/mol. The second-order valence-corrected chi connectivity index (χ2v) is 4.42. The molecule has 0 aromatic rings. The smallest absolute Gasteiger partial charge is 0.260 e. The van der Waals surface area contributed by atoms with Crippen molar-refractivity contribution >= 4 is 5.91 Å². The van der Waals surface area contributed by atoms with Gasteiger partial charge in [-0.05, 0) is 27.7 Å². The van der Waals surface area contributed by atoms with E-state index in [1.807, 2.05) is 13.8 Å². The van der Waals surface area contributed by atoms with Crippen molar-refractivity contribution in [1.82, 2.24) is 4.90 Å². The lowest BCUT2D eigenvalue weighted by atomic mass is 10.1. The Morgan fingerprint density at radius 1 is 1.50 bits per heavy atom. The van der Waals surface area contributed by atoms with Crippen LogP contribution in [0.5, 0.6) is 0 Å². The lowest BCUT2D eigenvalue weighted by Crippen LogP contribution is -2.54. The van der Waals surface area contributed by atoms with E-state index in [1.54, 1.807) is 4.90 Å². The van der Waals surface area contributed by atoms with Crippen LogP contribution in [0.15, 0.2) is 0 Å². The summed E-state index contributed by atoms with van der Waals surface area (Å²) in [5.74, 6) is -0.444. The number of hydrogen-bond donors (Lipinski definition) is 0. The van der Waals surface area contributed by atoms with E-state index in [1.165, 1.54) is 13.8 Å². The van der Waals surface area contributed by atoms with E-state index < -0.39 is 11.6 Å². The molecule has 0 spiro atoms. The Hall–Kier alpha value is -0.640. The van der Waals surface area contributed by atoms with Gasteiger partial charge in [-0.3, -0.25) is 4.79 Å². The van der Waals surface area contributed by atoms with Gasteiger partial charge in [0.25, 0.3) is 5.91 Å². The molecule has 1 saturated heterocycles. The Bertz CT molecular complexity index is 225. The summed E-state index contributed by atoms with van der Waals surface area (Å²) in [6.07, 6.45) is -0.00231. The molecule has 3 nitrogen and oxygen atoms in total. The first-order valence-electron chi connectivity index (χ1n) is 4.94. The van der Waals surface area contributed by atoms with E-state index in [9.17, 15) is 9.18 Å². The van der Waals surface area contributed by atoms with Crippen LogP contribution in [0.25, 0.3) is 0 Å². The summed E-state index contributed by atoms with van der Waals surface area (Å²) in [6.45, 7) is 7.31. The molecule has 1 amide bonds. The van der Waals surface area contributed by atoms with Gasteiger partial charge in [-0.2, -0.15) is 0 Å². The van der Waals surface area contributed by atoms with Gasteiger partial charge in [-0.1, -0.05) is 0 Å². The third-order valence-electron chi connectivity index (χ3n) is 2.38. The van der Waals surface area contributed by atoms with Crippen LogP contribution in [0.3, 0.4) is 0 Å². The highest BCUT2D eigenvalue weighted by molar-refractivity contribution is 5.84. The number of alkyl halides is 1. The van der Waals surface area contributed by atoms with Gasteiger partial charge in [-0.15, -0.1) is 0 Å². The number of morpholine rings is 1. The third kappa shape index (κ3) is 2.44. The topological polar surface area (TPSA) is 29.5 Å². The van der Waals surface area contributed by atoms with Gasteiger partial charge < -0.3 is 9.64 Å². The lowest BCUT2D eigenvalue weighted by molar-refractivity contribution is -0.153. The van der Waals surface area contributed by atoms with E-state index in [0.717, 1.165) is 0 Å². The molecular formula is C10H18FNO2. The molecule has 1 aliphatic rings. The zero-order chi connectivity index (χ0) is 10.9. The molecule has 0 aromatic heterocycles. The zero-order valence-corrected chi connectivity index (χ0v) is 9.21. The Balaban J connectivity index is 2.70. The molecule has 0 N–H and O–H groups in total. The fourth-order valence-corrected chi connectivity index (χ4v) is 1.53. The van der Waals surface area contributed by atoms with Gasteiger partial charge in [0, 0.05) is 6.54 Å². The van der Waals surface area contributed by atoms with Gasteiger partial charge in [-0.25, -0.2) is 4.39 Å². The van der Waals surface area contributed by atoms with Crippen LogP contribution in [0.2, 0.25) is 0 Å². The Labute approximate surface area is 84.2 Å². The number of carbonyl (C=O) groups is 1. The summed E-state index contributed by atoms with van der Waals surface area (Å²) in [7, 11) is 0. The number of ether oxygens (including phenoxy) is 1. The molecule has 1 rings (SSSR count).